The van der Waals surface area contributed by atoms with Gasteiger partial charge in [-0.1, -0.05) is 12.1 Å². The average molecular weight is 356 g/mol. The summed E-state index contributed by atoms with van der Waals surface area (Å²) in [6, 6.07) is 7.69. The lowest BCUT2D eigenvalue weighted by Gasteiger charge is -2.28. The third kappa shape index (κ3) is 3.74. The van der Waals surface area contributed by atoms with Gasteiger partial charge in [0.25, 0.3) is 5.56 Å². The molecule has 1 aliphatic heterocycles. The molecule has 1 aromatic carbocycles. The van der Waals surface area contributed by atoms with Crippen molar-refractivity contribution in [2.24, 2.45) is 0 Å². The summed E-state index contributed by atoms with van der Waals surface area (Å²) >= 11 is 0. The van der Waals surface area contributed by atoms with Crippen LogP contribution in [0.2, 0.25) is 0 Å². The Morgan fingerprint density at radius 1 is 1.12 bits per heavy atom. The zero-order chi connectivity index (χ0) is 18.5. The Morgan fingerprint density at radius 3 is 2.50 bits per heavy atom. The highest BCUT2D eigenvalue weighted by molar-refractivity contribution is 5.78. The number of carbonyl (C=O) groups excluding carboxylic acids is 1. The van der Waals surface area contributed by atoms with E-state index in [2.05, 4.69) is 9.88 Å². The van der Waals surface area contributed by atoms with E-state index >= 15 is 0 Å². The van der Waals surface area contributed by atoms with E-state index in [1.165, 1.54) is 6.42 Å². The van der Waals surface area contributed by atoms with Gasteiger partial charge in [0.2, 0.25) is 5.91 Å². The topological polar surface area (TPSA) is 58.4 Å². The highest BCUT2D eigenvalue weighted by atomic mass is 16.2. The number of carbonyl (C=O) groups is 1. The first kappa shape index (κ1) is 18.4. The number of hydrogen-bond donors (Lipinski definition) is 0. The lowest BCUT2D eigenvalue weighted by molar-refractivity contribution is -0.131. The van der Waals surface area contributed by atoms with Crippen molar-refractivity contribution in [3.05, 3.63) is 34.6 Å². The zero-order valence-corrected chi connectivity index (χ0v) is 15.8. The number of fused-ring (bicyclic) bond motifs is 1. The van der Waals surface area contributed by atoms with Crippen LogP contribution in [-0.4, -0.2) is 46.5 Å². The molecule has 6 nitrogen and oxygen atoms in total. The number of aromatic nitrogens is 2. The molecular weight excluding hydrogens is 328 g/mol. The standard InChI is InChI=1S/C20H28N4O2/c1-3-22(4-2)18(25)12-15-24-17-11-7-6-10-16(17)21-19(20(24)26)23-13-8-5-9-14-23/h6-7,10-11H,3-5,8-9,12-15H2,1-2H3. The summed E-state index contributed by atoms with van der Waals surface area (Å²) in [7, 11) is 0. The number of benzene rings is 1. The predicted octanol–water partition coefficient (Wildman–Crippen LogP) is 2.65. The number of para-hydroxylation sites is 2. The van der Waals surface area contributed by atoms with Gasteiger partial charge < -0.3 is 14.4 Å². The van der Waals surface area contributed by atoms with Crippen molar-refractivity contribution in [3.8, 4) is 0 Å². The van der Waals surface area contributed by atoms with Crippen LogP contribution in [0.15, 0.2) is 29.1 Å². The third-order valence-corrected chi connectivity index (χ3v) is 5.16. The number of amides is 1. The molecule has 26 heavy (non-hydrogen) atoms. The number of anilines is 1. The summed E-state index contributed by atoms with van der Waals surface area (Å²) < 4.78 is 1.73. The van der Waals surface area contributed by atoms with Crippen molar-refractivity contribution in [3.63, 3.8) is 0 Å². The van der Waals surface area contributed by atoms with Gasteiger partial charge in [0.1, 0.15) is 0 Å². The Morgan fingerprint density at radius 2 is 1.81 bits per heavy atom. The van der Waals surface area contributed by atoms with Gasteiger partial charge in [0, 0.05) is 39.1 Å². The number of nitrogens with zero attached hydrogens (tertiary/aromatic N) is 4. The fourth-order valence-corrected chi connectivity index (χ4v) is 3.65. The first-order valence-corrected chi connectivity index (χ1v) is 9.68. The number of hydrogen-bond acceptors (Lipinski definition) is 4. The van der Waals surface area contributed by atoms with Crippen LogP contribution in [0.4, 0.5) is 5.82 Å². The molecule has 0 bridgehead atoms. The summed E-state index contributed by atoms with van der Waals surface area (Å²) in [6.45, 7) is 7.48. The minimum absolute atomic E-state index is 0.0852. The molecule has 1 fully saturated rings. The van der Waals surface area contributed by atoms with Gasteiger partial charge in [-0.25, -0.2) is 4.98 Å². The first-order valence-electron chi connectivity index (χ1n) is 9.68. The monoisotopic (exact) mass is 356 g/mol. The Kier molecular flexibility index (Phi) is 5.91. The van der Waals surface area contributed by atoms with Crippen LogP contribution < -0.4 is 10.5 Å². The molecule has 0 radical (unpaired) electrons. The molecule has 2 heterocycles. The van der Waals surface area contributed by atoms with Gasteiger partial charge in [-0.2, -0.15) is 0 Å². The van der Waals surface area contributed by atoms with E-state index in [1.54, 1.807) is 9.47 Å². The Hall–Kier alpha value is -2.37. The van der Waals surface area contributed by atoms with Crippen molar-refractivity contribution in [1.29, 1.82) is 0 Å². The smallest absolute Gasteiger partial charge is 0.294 e. The van der Waals surface area contributed by atoms with Crippen molar-refractivity contribution >= 4 is 22.8 Å². The maximum absolute atomic E-state index is 13.1. The quantitative estimate of drug-likeness (QED) is 0.798. The minimum atomic E-state index is -0.0852. The summed E-state index contributed by atoms with van der Waals surface area (Å²) in [5.41, 5.74) is 1.52. The highest BCUT2D eigenvalue weighted by Crippen LogP contribution is 2.18. The molecule has 1 saturated heterocycles. The van der Waals surface area contributed by atoms with Gasteiger partial charge >= 0.3 is 0 Å². The summed E-state index contributed by atoms with van der Waals surface area (Å²) in [4.78, 5) is 34.1. The van der Waals surface area contributed by atoms with Crippen LogP contribution >= 0.6 is 0 Å². The van der Waals surface area contributed by atoms with Crippen molar-refractivity contribution in [1.82, 2.24) is 14.5 Å². The molecular formula is C20H28N4O2. The van der Waals surface area contributed by atoms with E-state index in [4.69, 9.17) is 0 Å². The van der Waals surface area contributed by atoms with E-state index in [0.717, 1.165) is 37.0 Å². The van der Waals surface area contributed by atoms with E-state index < -0.39 is 0 Å². The van der Waals surface area contributed by atoms with Crippen LogP contribution in [0.3, 0.4) is 0 Å². The van der Waals surface area contributed by atoms with E-state index in [-0.39, 0.29) is 11.5 Å². The van der Waals surface area contributed by atoms with Crippen molar-refractivity contribution < 1.29 is 4.79 Å². The van der Waals surface area contributed by atoms with Crippen LogP contribution in [0.25, 0.3) is 11.0 Å². The van der Waals surface area contributed by atoms with E-state index in [9.17, 15) is 9.59 Å². The fourth-order valence-electron chi connectivity index (χ4n) is 3.65. The Labute approximate surface area is 154 Å². The normalized spacial score (nSPS) is 14.6. The molecule has 0 unspecified atom stereocenters. The molecule has 0 atom stereocenters. The molecule has 1 aliphatic rings. The molecule has 0 saturated carbocycles. The minimum Gasteiger partial charge on any atom is -0.352 e. The second-order valence-electron chi connectivity index (χ2n) is 6.74. The van der Waals surface area contributed by atoms with Gasteiger partial charge in [0.15, 0.2) is 5.82 Å². The first-order chi connectivity index (χ1) is 12.7. The predicted molar refractivity (Wildman–Crippen MR) is 105 cm³/mol. The van der Waals surface area contributed by atoms with Gasteiger partial charge in [0.05, 0.1) is 11.0 Å². The number of rotatable bonds is 6. The van der Waals surface area contributed by atoms with Crippen LogP contribution in [-0.2, 0) is 11.3 Å². The maximum atomic E-state index is 13.1. The zero-order valence-electron chi connectivity index (χ0n) is 15.8. The van der Waals surface area contributed by atoms with E-state index in [0.29, 0.717) is 31.9 Å². The molecule has 0 aliphatic carbocycles. The van der Waals surface area contributed by atoms with Crippen LogP contribution in [0, 0.1) is 0 Å². The number of piperidine rings is 1. The molecule has 6 heteroatoms. The van der Waals surface area contributed by atoms with Gasteiger partial charge in [-0.3, -0.25) is 9.59 Å². The summed E-state index contributed by atoms with van der Waals surface area (Å²) in [6.07, 6.45) is 3.72. The molecule has 0 spiro atoms. The Bertz CT molecular complexity index is 820. The van der Waals surface area contributed by atoms with Gasteiger partial charge in [-0.15, -0.1) is 0 Å². The molecule has 1 aromatic heterocycles. The largest absolute Gasteiger partial charge is 0.352 e. The molecule has 2 aromatic rings. The Balaban J connectivity index is 1.95. The van der Waals surface area contributed by atoms with Crippen molar-refractivity contribution in [2.45, 2.75) is 46.1 Å². The summed E-state index contributed by atoms with van der Waals surface area (Å²) in [5, 5.41) is 0. The highest BCUT2D eigenvalue weighted by Gasteiger charge is 2.19. The van der Waals surface area contributed by atoms with Crippen LogP contribution in [0.1, 0.15) is 39.5 Å². The molecule has 3 rings (SSSR count). The maximum Gasteiger partial charge on any atom is 0.294 e. The fraction of sp³-hybridized carbons (Fsp3) is 0.550. The third-order valence-electron chi connectivity index (χ3n) is 5.16. The lowest BCUT2D eigenvalue weighted by Crippen LogP contribution is -2.38. The average Bonchev–Trinajstić information content (AvgIpc) is 2.68. The van der Waals surface area contributed by atoms with E-state index in [1.807, 2.05) is 38.1 Å². The number of aryl methyl sites for hydroxylation is 1. The second-order valence-corrected chi connectivity index (χ2v) is 6.74. The van der Waals surface area contributed by atoms with Gasteiger partial charge in [-0.05, 0) is 45.2 Å². The SMILES string of the molecule is CCN(CC)C(=O)CCn1c(=O)c(N2CCCCC2)nc2ccccc21. The summed E-state index contributed by atoms with van der Waals surface area (Å²) in [5.74, 6) is 0.612. The second kappa shape index (κ2) is 8.34. The van der Waals surface area contributed by atoms with Crippen molar-refractivity contribution in [2.75, 3.05) is 31.1 Å². The lowest BCUT2D eigenvalue weighted by atomic mass is 10.1. The molecule has 1 amide bonds. The van der Waals surface area contributed by atoms with Crippen LogP contribution in [0.5, 0.6) is 0 Å². The molecule has 0 N–H and O–H groups in total. The molecule has 140 valence electrons.